The third kappa shape index (κ3) is 2.13. The highest BCUT2D eigenvalue weighted by Crippen LogP contribution is 2.23. The summed E-state index contributed by atoms with van der Waals surface area (Å²) < 4.78 is 13.9. The first-order valence-corrected chi connectivity index (χ1v) is 5.85. The summed E-state index contributed by atoms with van der Waals surface area (Å²) in [6, 6.07) is 4.84. The summed E-state index contributed by atoms with van der Waals surface area (Å²) in [4.78, 5) is 24.5. The number of imide groups is 1. The second-order valence-electron chi connectivity index (χ2n) is 4.52. The Morgan fingerprint density at radius 1 is 1.39 bits per heavy atom. The first-order valence-electron chi connectivity index (χ1n) is 5.85. The van der Waals surface area contributed by atoms with Crippen LogP contribution in [0.1, 0.15) is 24.5 Å². The van der Waals surface area contributed by atoms with Crippen molar-refractivity contribution >= 4 is 11.8 Å². The van der Waals surface area contributed by atoms with Crippen LogP contribution in [0.15, 0.2) is 18.2 Å². The molecule has 5 heteroatoms. The van der Waals surface area contributed by atoms with Crippen LogP contribution in [0.5, 0.6) is 0 Å². The molecule has 1 heterocycles. The van der Waals surface area contributed by atoms with Crippen LogP contribution < -0.4 is 5.73 Å². The zero-order chi connectivity index (χ0) is 13.3. The average Bonchev–Trinajstić information content (AvgIpc) is 2.58. The minimum atomic E-state index is -0.430. The van der Waals surface area contributed by atoms with Gasteiger partial charge in [0.1, 0.15) is 5.82 Å². The maximum Gasteiger partial charge on any atom is 0.232 e. The molecule has 96 valence electrons. The number of likely N-dealkylation sites (tertiary alicyclic amines) is 1. The fourth-order valence-electron chi connectivity index (χ4n) is 2.10. The summed E-state index contributed by atoms with van der Waals surface area (Å²) in [5.74, 6) is -1.22. The molecule has 1 saturated heterocycles. The van der Waals surface area contributed by atoms with E-state index in [-0.39, 0.29) is 37.2 Å². The van der Waals surface area contributed by atoms with Crippen LogP contribution in [0.25, 0.3) is 0 Å². The Morgan fingerprint density at radius 2 is 2.06 bits per heavy atom. The quantitative estimate of drug-likeness (QED) is 0.819. The summed E-state index contributed by atoms with van der Waals surface area (Å²) in [5.41, 5.74) is 6.13. The number of rotatable bonds is 3. The van der Waals surface area contributed by atoms with Crippen molar-refractivity contribution in [1.82, 2.24) is 4.90 Å². The number of hydrogen-bond donors (Lipinski definition) is 1. The third-order valence-corrected chi connectivity index (χ3v) is 3.18. The van der Waals surface area contributed by atoms with Gasteiger partial charge in [-0.2, -0.15) is 0 Å². The van der Waals surface area contributed by atoms with Crippen LogP contribution in [0.3, 0.4) is 0 Å². The summed E-state index contributed by atoms with van der Waals surface area (Å²) in [6.45, 7) is 1.78. The Hall–Kier alpha value is -1.75. The molecule has 2 rings (SSSR count). The molecule has 0 spiro atoms. The predicted octanol–water partition coefficient (Wildman–Crippen LogP) is 1.18. The third-order valence-electron chi connectivity index (χ3n) is 3.18. The molecule has 2 N–H and O–H groups in total. The van der Waals surface area contributed by atoms with Gasteiger partial charge in [0.25, 0.3) is 0 Å². The van der Waals surface area contributed by atoms with E-state index < -0.39 is 5.82 Å². The molecule has 0 radical (unpaired) electrons. The average molecular weight is 250 g/mol. The van der Waals surface area contributed by atoms with Crippen molar-refractivity contribution in [2.24, 2.45) is 11.7 Å². The Morgan fingerprint density at radius 3 is 2.61 bits per heavy atom. The molecule has 1 aliphatic heterocycles. The van der Waals surface area contributed by atoms with Crippen molar-refractivity contribution < 1.29 is 14.0 Å². The zero-order valence-corrected chi connectivity index (χ0v) is 10.1. The van der Waals surface area contributed by atoms with E-state index in [0.29, 0.717) is 11.1 Å². The van der Waals surface area contributed by atoms with Gasteiger partial charge < -0.3 is 5.73 Å². The molecule has 2 amide bonds. The second kappa shape index (κ2) is 4.86. The van der Waals surface area contributed by atoms with E-state index in [1.165, 1.54) is 0 Å². The van der Waals surface area contributed by atoms with Gasteiger partial charge in [-0.15, -0.1) is 0 Å². The van der Waals surface area contributed by atoms with E-state index in [1.54, 1.807) is 25.1 Å². The standard InChI is InChI=1S/C13H15FN2O2/c1-8-5-11(17)16(13(8)18)7-10-4-2-3-9(6-15)12(10)14/h2-4,8H,5-7,15H2,1H3. The van der Waals surface area contributed by atoms with Gasteiger partial charge in [-0.05, 0) is 0 Å². The monoisotopic (exact) mass is 250 g/mol. The van der Waals surface area contributed by atoms with Crippen LogP contribution in [0.4, 0.5) is 4.39 Å². The lowest BCUT2D eigenvalue weighted by Gasteiger charge is -2.15. The van der Waals surface area contributed by atoms with Gasteiger partial charge in [-0.3, -0.25) is 14.5 Å². The van der Waals surface area contributed by atoms with E-state index in [9.17, 15) is 14.0 Å². The first kappa shape index (κ1) is 12.7. The van der Waals surface area contributed by atoms with Gasteiger partial charge in [-0.1, -0.05) is 25.1 Å². The summed E-state index contributed by atoms with van der Waals surface area (Å²) in [5, 5.41) is 0. The van der Waals surface area contributed by atoms with Gasteiger partial charge in [-0.25, -0.2) is 4.39 Å². The second-order valence-corrected chi connectivity index (χ2v) is 4.52. The topological polar surface area (TPSA) is 63.4 Å². The summed E-state index contributed by atoms with van der Waals surface area (Å²) >= 11 is 0. The maximum absolute atomic E-state index is 13.9. The van der Waals surface area contributed by atoms with E-state index in [0.717, 1.165) is 4.90 Å². The maximum atomic E-state index is 13.9. The van der Waals surface area contributed by atoms with E-state index >= 15 is 0 Å². The van der Waals surface area contributed by atoms with Crippen molar-refractivity contribution in [2.75, 3.05) is 0 Å². The predicted molar refractivity (Wildman–Crippen MR) is 63.6 cm³/mol. The van der Waals surface area contributed by atoms with Gasteiger partial charge in [0, 0.05) is 30.0 Å². The van der Waals surface area contributed by atoms with Crippen LogP contribution >= 0.6 is 0 Å². The van der Waals surface area contributed by atoms with Crippen LogP contribution in [0, 0.1) is 11.7 Å². The smallest absolute Gasteiger partial charge is 0.232 e. The SMILES string of the molecule is CC1CC(=O)N(Cc2cccc(CN)c2F)C1=O. The Balaban J connectivity index is 2.25. The number of carbonyl (C=O) groups is 2. The zero-order valence-electron chi connectivity index (χ0n) is 10.1. The van der Waals surface area contributed by atoms with Gasteiger partial charge in [0.05, 0.1) is 6.54 Å². The molecule has 0 saturated carbocycles. The molecule has 1 fully saturated rings. The highest BCUT2D eigenvalue weighted by molar-refractivity contribution is 6.03. The van der Waals surface area contributed by atoms with E-state index in [1.807, 2.05) is 0 Å². The number of nitrogens with zero attached hydrogens (tertiary/aromatic N) is 1. The molecule has 1 aromatic carbocycles. The van der Waals surface area contributed by atoms with Crippen molar-refractivity contribution in [3.05, 3.63) is 35.1 Å². The number of benzene rings is 1. The highest BCUT2D eigenvalue weighted by atomic mass is 19.1. The molecule has 0 bridgehead atoms. The fourth-order valence-corrected chi connectivity index (χ4v) is 2.10. The largest absolute Gasteiger partial charge is 0.326 e. The minimum Gasteiger partial charge on any atom is -0.326 e. The van der Waals surface area contributed by atoms with Crippen molar-refractivity contribution in [3.63, 3.8) is 0 Å². The van der Waals surface area contributed by atoms with Crippen molar-refractivity contribution in [3.8, 4) is 0 Å². The Labute approximate surface area is 105 Å². The lowest BCUT2D eigenvalue weighted by molar-refractivity contribution is -0.139. The number of halogens is 1. The lowest BCUT2D eigenvalue weighted by Crippen LogP contribution is -2.30. The fraction of sp³-hybridized carbons (Fsp3) is 0.385. The molecular weight excluding hydrogens is 235 g/mol. The van der Waals surface area contributed by atoms with Crippen molar-refractivity contribution in [2.45, 2.75) is 26.4 Å². The molecule has 1 aliphatic rings. The number of nitrogens with two attached hydrogens (primary N) is 1. The molecule has 0 aliphatic carbocycles. The normalized spacial score (nSPS) is 19.7. The van der Waals surface area contributed by atoms with E-state index in [4.69, 9.17) is 5.73 Å². The molecule has 0 aromatic heterocycles. The van der Waals surface area contributed by atoms with Crippen LogP contribution in [0.2, 0.25) is 0 Å². The highest BCUT2D eigenvalue weighted by Gasteiger charge is 2.35. The lowest BCUT2D eigenvalue weighted by atomic mass is 10.1. The minimum absolute atomic E-state index is 0.0122. The molecule has 1 unspecified atom stereocenters. The molecule has 4 nitrogen and oxygen atoms in total. The van der Waals surface area contributed by atoms with Gasteiger partial charge in [0.15, 0.2) is 0 Å². The Bertz CT molecular complexity index is 502. The van der Waals surface area contributed by atoms with Crippen molar-refractivity contribution in [1.29, 1.82) is 0 Å². The van der Waals surface area contributed by atoms with Crippen LogP contribution in [-0.2, 0) is 22.7 Å². The van der Waals surface area contributed by atoms with Gasteiger partial charge in [0.2, 0.25) is 11.8 Å². The summed E-state index contributed by atoms with van der Waals surface area (Å²) in [6.07, 6.45) is 0.205. The number of carbonyl (C=O) groups excluding carboxylic acids is 2. The molecule has 18 heavy (non-hydrogen) atoms. The van der Waals surface area contributed by atoms with E-state index in [2.05, 4.69) is 0 Å². The number of hydrogen-bond acceptors (Lipinski definition) is 3. The molecule has 1 aromatic rings. The van der Waals surface area contributed by atoms with Gasteiger partial charge >= 0.3 is 0 Å². The molecule has 1 atom stereocenters. The molecular formula is C13H15FN2O2. The summed E-state index contributed by atoms with van der Waals surface area (Å²) in [7, 11) is 0. The first-order chi connectivity index (χ1) is 8.54. The van der Waals surface area contributed by atoms with Crippen LogP contribution in [-0.4, -0.2) is 16.7 Å². The Kier molecular flexibility index (Phi) is 3.43. The number of amides is 2.